The predicted molar refractivity (Wildman–Crippen MR) is 118 cm³/mol. The van der Waals surface area contributed by atoms with Crippen molar-refractivity contribution < 1.29 is 9.21 Å². The molecule has 1 aliphatic rings. The molecule has 0 saturated carbocycles. The van der Waals surface area contributed by atoms with E-state index in [0.717, 1.165) is 49.9 Å². The van der Waals surface area contributed by atoms with Crippen LogP contribution < -0.4 is 5.32 Å². The molecule has 1 saturated heterocycles. The van der Waals surface area contributed by atoms with Crippen molar-refractivity contribution in [2.24, 2.45) is 0 Å². The third-order valence-corrected chi connectivity index (χ3v) is 5.42. The van der Waals surface area contributed by atoms with Crippen LogP contribution in [-0.2, 0) is 4.79 Å². The maximum Gasteiger partial charge on any atom is 0.226 e. The monoisotopic (exact) mass is 423 g/mol. The molecule has 1 aliphatic heterocycles. The summed E-state index contributed by atoms with van der Waals surface area (Å²) in [6.45, 7) is 10.5. The molecule has 31 heavy (non-hydrogen) atoms. The number of nitrogens with one attached hydrogen (secondary N) is 1. The van der Waals surface area contributed by atoms with E-state index in [-0.39, 0.29) is 5.91 Å². The van der Waals surface area contributed by atoms with Crippen LogP contribution in [0.3, 0.4) is 0 Å². The number of likely N-dealkylation sites (N-methyl/N-ethyl adjacent to an activating group) is 1. The largest absolute Gasteiger partial charge is 0.458 e. The summed E-state index contributed by atoms with van der Waals surface area (Å²) >= 11 is 0. The summed E-state index contributed by atoms with van der Waals surface area (Å²) in [6, 6.07) is 7.41. The molecular weight excluding hydrogens is 394 g/mol. The minimum atomic E-state index is -0.0708. The van der Waals surface area contributed by atoms with Crippen molar-refractivity contribution in [2.45, 2.75) is 27.2 Å². The Morgan fingerprint density at radius 2 is 1.87 bits per heavy atom. The molecule has 0 radical (unpaired) electrons. The van der Waals surface area contributed by atoms with Crippen molar-refractivity contribution in [1.82, 2.24) is 29.5 Å². The molecule has 1 N–H and O–H groups in total. The normalized spacial score (nSPS) is 15.4. The van der Waals surface area contributed by atoms with Gasteiger partial charge in [0.1, 0.15) is 11.6 Å². The number of hydrogen-bond acceptors (Lipinski definition) is 7. The van der Waals surface area contributed by atoms with E-state index in [1.54, 1.807) is 10.7 Å². The molecule has 0 unspecified atom stereocenters. The van der Waals surface area contributed by atoms with Crippen molar-refractivity contribution in [3.05, 3.63) is 41.4 Å². The number of carbonyl (C=O) groups is 1. The van der Waals surface area contributed by atoms with Gasteiger partial charge in [-0.05, 0) is 46.0 Å². The third kappa shape index (κ3) is 5.18. The van der Waals surface area contributed by atoms with E-state index in [0.29, 0.717) is 29.6 Å². The number of rotatable bonds is 6. The summed E-state index contributed by atoms with van der Waals surface area (Å²) in [5.74, 6) is 2.68. The van der Waals surface area contributed by atoms with Gasteiger partial charge in [-0.15, -0.1) is 0 Å². The number of piperazine rings is 1. The van der Waals surface area contributed by atoms with Crippen molar-refractivity contribution in [3.63, 3.8) is 0 Å². The number of anilines is 1. The first-order valence-electron chi connectivity index (χ1n) is 10.6. The summed E-state index contributed by atoms with van der Waals surface area (Å²) in [5, 5.41) is 7.45. The molecule has 1 amide bonds. The van der Waals surface area contributed by atoms with Crippen molar-refractivity contribution in [3.8, 4) is 17.4 Å². The second-order valence-corrected chi connectivity index (χ2v) is 8.13. The van der Waals surface area contributed by atoms with Crippen LogP contribution in [0.2, 0.25) is 0 Å². The number of aromatic nitrogens is 4. The molecular formula is C22H29N7O2. The Morgan fingerprint density at radius 3 is 2.52 bits per heavy atom. The van der Waals surface area contributed by atoms with E-state index in [4.69, 9.17) is 4.42 Å². The Morgan fingerprint density at radius 1 is 1.10 bits per heavy atom. The van der Waals surface area contributed by atoms with Gasteiger partial charge in [0.05, 0.1) is 5.69 Å². The Kier molecular flexibility index (Phi) is 6.15. The lowest BCUT2D eigenvalue weighted by atomic mass is 10.3. The van der Waals surface area contributed by atoms with E-state index in [1.165, 1.54) is 0 Å². The standard InChI is InChI=1S/C22H29N7O2/c1-15-13-16(2)29(26-15)20-14-19(24-22(25-20)18-6-5-17(3)31-18)23-21(30)7-8-28-11-9-27(4)10-12-28/h5-6,13-14H,7-12H2,1-4H3,(H,23,24,25,30). The summed E-state index contributed by atoms with van der Waals surface area (Å²) in [7, 11) is 2.12. The first kappa shape index (κ1) is 21.2. The Labute approximate surface area is 182 Å². The zero-order valence-electron chi connectivity index (χ0n) is 18.6. The highest BCUT2D eigenvalue weighted by Crippen LogP contribution is 2.23. The van der Waals surface area contributed by atoms with Gasteiger partial charge in [-0.3, -0.25) is 4.79 Å². The molecule has 4 rings (SSSR count). The van der Waals surface area contributed by atoms with Crippen LogP contribution in [0.5, 0.6) is 0 Å². The fourth-order valence-electron chi connectivity index (χ4n) is 3.67. The van der Waals surface area contributed by atoms with Gasteiger partial charge in [0, 0.05) is 50.9 Å². The molecule has 4 heterocycles. The summed E-state index contributed by atoms with van der Waals surface area (Å²) in [6.07, 6.45) is 0.415. The maximum absolute atomic E-state index is 12.6. The highest BCUT2D eigenvalue weighted by Gasteiger charge is 2.17. The first-order chi connectivity index (χ1) is 14.9. The van der Waals surface area contributed by atoms with E-state index >= 15 is 0 Å². The van der Waals surface area contributed by atoms with Crippen molar-refractivity contribution >= 4 is 11.7 Å². The van der Waals surface area contributed by atoms with E-state index < -0.39 is 0 Å². The van der Waals surface area contributed by atoms with Gasteiger partial charge in [0.25, 0.3) is 0 Å². The number of furan rings is 1. The van der Waals surface area contributed by atoms with Crippen molar-refractivity contribution in [1.29, 1.82) is 0 Å². The average Bonchev–Trinajstić information content (AvgIpc) is 3.32. The minimum Gasteiger partial charge on any atom is -0.458 e. The minimum absolute atomic E-state index is 0.0708. The zero-order valence-corrected chi connectivity index (χ0v) is 18.6. The van der Waals surface area contributed by atoms with Gasteiger partial charge < -0.3 is 19.5 Å². The topological polar surface area (TPSA) is 92.3 Å². The predicted octanol–water partition coefficient (Wildman–Crippen LogP) is 2.42. The van der Waals surface area contributed by atoms with Crippen molar-refractivity contribution in [2.75, 3.05) is 45.1 Å². The molecule has 164 valence electrons. The van der Waals surface area contributed by atoms with Gasteiger partial charge in [-0.1, -0.05) is 0 Å². The van der Waals surface area contributed by atoms with E-state index in [9.17, 15) is 4.79 Å². The molecule has 0 bridgehead atoms. The fraction of sp³-hybridized carbons (Fsp3) is 0.455. The summed E-state index contributed by atoms with van der Waals surface area (Å²) < 4.78 is 7.46. The Bertz CT molecular complexity index is 1060. The lowest BCUT2D eigenvalue weighted by Crippen LogP contribution is -2.45. The second-order valence-electron chi connectivity index (χ2n) is 8.13. The Balaban J connectivity index is 1.54. The number of carbonyl (C=O) groups excluding carboxylic acids is 1. The molecule has 0 aromatic carbocycles. The van der Waals surface area contributed by atoms with Crippen LogP contribution in [0, 0.1) is 20.8 Å². The lowest BCUT2D eigenvalue weighted by molar-refractivity contribution is -0.116. The third-order valence-electron chi connectivity index (χ3n) is 5.42. The van der Waals surface area contributed by atoms with E-state index in [2.05, 4.69) is 37.2 Å². The second kappa shape index (κ2) is 8.99. The number of nitrogens with zero attached hydrogens (tertiary/aromatic N) is 6. The van der Waals surface area contributed by atoms with Crippen LogP contribution in [0.25, 0.3) is 17.4 Å². The van der Waals surface area contributed by atoms with Crippen LogP contribution in [-0.4, -0.2) is 75.2 Å². The number of amides is 1. The quantitative estimate of drug-likeness (QED) is 0.651. The molecule has 0 spiro atoms. The van der Waals surface area contributed by atoms with Crippen LogP contribution in [0.4, 0.5) is 5.82 Å². The Hall–Kier alpha value is -3.04. The molecule has 3 aromatic rings. The molecule has 0 aliphatic carbocycles. The average molecular weight is 424 g/mol. The molecule has 3 aromatic heterocycles. The highest BCUT2D eigenvalue weighted by molar-refractivity contribution is 5.90. The molecule has 1 fully saturated rings. The van der Waals surface area contributed by atoms with Gasteiger partial charge in [-0.2, -0.15) is 5.10 Å². The number of aryl methyl sites for hydroxylation is 3. The van der Waals surface area contributed by atoms with Crippen LogP contribution in [0.15, 0.2) is 28.7 Å². The molecule has 9 heteroatoms. The first-order valence-corrected chi connectivity index (χ1v) is 10.6. The molecule has 9 nitrogen and oxygen atoms in total. The maximum atomic E-state index is 12.6. The summed E-state index contributed by atoms with van der Waals surface area (Å²) in [4.78, 5) is 26.4. The van der Waals surface area contributed by atoms with Crippen LogP contribution >= 0.6 is 0 Å². The SMILES string of the molecule is Cc1cc(C)n(-c2cc(NC(=O)CCN3CCN(C)CC3)nc(-c3ccc(C)o3)n2)n1. The van der Waals surface area contributed by atoms with Gasteiger partial charge in [0.15, 0.2) is 17.4 Å². The summed E-state index contributed by atoms with van der Waals surface area (Å²) in [5.41, 5.74) is 1.84. The fourth-order valence-corrected chi connectivity index (χ4v) is 3.67. The van der Waals surface area contributed by atoms with Gasteiger partial charge >= 0.3 is 0 Å². The van der Waals surface area contributed by atoms with Gasteiger partial charge in [0.2, 0.25) is 5.91 Å². The van der Waals surface area contributed by atoms with Crippen LogP contribution in [0.1, 0.15) is 23.6 Å². The van der Waals surface area contributed by atoms with Gasteiger partial charge in [-0.25, -0.2) is 14.6 Å². The zero-order chi connectivity index (χ0) is 22.0. The highest BCUT2D eigenvalue weighted by atomic mass is 16.3. The number of hydrogen-bond donors (Lipinski definition) is 1. The van der Waals surface area contributed by atoms with E-state index in [1.807, 2.05) is 39.0 Å². The smallest absolute Gasteiger partial charge is 0.226 e. The molecule has 0 atom stereocenters. The lowest BCUT2D eigenvalue weighted by Gasteiger charge is -2.32.